The summed E-state index contributed by atoms with van der Waals surface area (Å²) in [5, 5.41) is 13.9. The van der Waals surface area contributed by atoms with E-state index >= 15 is 0 Å². The lowest BCUT2D eigenvalue weighted by molar-refractivity contribution is 0.0473. The number of para-hydroxylation sites is 1. The Kier molecular flexibility index (Phi) is 5.40. The van der Waals surface area contributed by atoms with Crippen molar-refractivity contribution in [3.05, 3.63) is 107 Å². The molecule has 0 radical (unpaired) electrons. The van der Waals surface area contributed by atoms with Crippen LogP contribution in [0.25, 0.3) is 16.9 Å². The number of aryl methyl sites for hydroxylation is 1. The van der Waals surface area contributed by atoms with Crippen LogP contribution in [0.1, 0.15) is 27.0 Å². The lowest BCUT2D eigenvalue weighted by Crippen LogP contribution is -2.06. The van der Waals surface area contributed by atoms with Gasteiger partial charge in [-0.05, 0) is 25.1 Å². The Hall–Kier alpha value is -4.17. The first-order valence-corrected chi connectivity index (χ1v) is 9.53. The molecular formula is C25H19N3O2. The number of hydrogen-bond acceptors (Lipinski definition) is 4. The van der Waals surface area contributed by atoms with Crippen molar-refractivity contribution < 1.29 is 9.53 Å². The number of nitrogens with zero attached hydrogens (tertiary/aromatic N) is 3. The monoisotopic (exact) mass is 393 g/mol. The lowest BCUT2D eigenvalue weighted by Gasteiger charge is -2.06. The van der Waals surface area contributed by atoms with Crippen LogP contribution in [0.15, 0.2) is 85.1 Å². The molecule has 4 rings (SSSR count). The van der Waals surface area contributed by atoms with Gasteiger partial charge in [0.25, 0.3) is 0 Å². The van der Waals surface area contributed by atoms with Crippen LogP contribution in [0.5, 0.6) is 0 Å². The average Bonchev–Trinajstić information content (AvgIpc) is 3.24. The molecule has 1 aromatic heterocycles. The van der Waals surface area contributed by atoms with Gasteiger partial charge in [0, 0.05) is 17.3 Å². The molecule has 0 N–H and O–H groups in total. The van der Waals surface area contributed by atoms with E-state index in [9.17, 15) is 10.1 Å². The fourth-order valence-corrected chi connectivity index (χ4v) is 3.14. The van der Waals surface area contributed by atoms with Gasteiger partial charge in [0.1, 0.15) is 17.9 Å². The van der Waals surface area contributed by atoms with E-state index in [-0.39, 0.29) is 6.61 Å². The maximum Gasteiger partial charge on any atom is 0.342 e. The molecule has 4 aromatic rings. The van der Waals surface area contributed by atoms with E-state index in [0.29, 0.717) is 22.4 Å². The van der Waals surface area contributed by atoms with E-state index < -0.39 is 5.97 Å². The number of hydrogen-bond donors (Lipinski definition) is 0. The third-order valence-corrected chi connectivity index (χ3v) is 4.78. The average molecular weight is 393 g/mol. The van der Waals surface area contributed by atoms with Crippen molar-refractivity contribution in [1.29, 1.82) is 5.26 Å². The predicted molar refractivity (Wildman–Crippen MR) is 114 cm³/mol. The Balaban J connectivity index is 1.68. The summed E-state index contributed by atoms with van der Waals surface area (Å²) in [5.74, 6) is -0.486. The molecule has 5 heteroatoms. The van der Waals surface area contributed by atoms with E-state index in [2.05, 4.69) is 11.2 Å². The van der Waals surface area contributed by atoms with Gasteiger partial charge in [-0.1, -0.05) is 66.2 Å². The third kappa shape index (κ3) is 3.98. The maximum atomic E-state index is 13.0. The third-order valence-electron chi connectivity index (χ3n) is 4.78. The quantitative estimate of drug-likeness (QED) is 0.444. The van der Waals surface area contributed by atoms with Crippen LogP contribution in [0.4, 0.5) is 0 Å². The summed E-state index contributed by atoms with van der Waals surface area (Å²) in [4.78, 5) is 13.0. The minimum absolute atomic E-state index is 0.0203. The highest BCUT2D eigenvalue weighted by Gasteiger charge is 2.20. The highest BCUT2D eigenvalue weighted by Crippen LogP contribution is 2.25. The molecule has 0 saturated carbocycles. The summed E-state index contributed by atoms with van der Waals surface area (Å²) >= 11 is 0. The van der Waals surface area contributed by atoms with Gasteiger partial charge in [0.2, 0.25) is 0 Å². The van der Waals surface area contributed by atoms with Crippen molar-refractivity contribution >= 4 is 5.97 Å². The van der Waals surface area contributed by atoms with Gasteiger partial charge < -0.3 is 4.74 Å². The van der Waals surface area contributed by atoms with Gasteiger partial charge in [-0.2, -0.15) is 10.4 Å². The normalized spacial score (nSPS) is 10.4. The fourth-order valence-electron chi connectivity index (χ4n) is 3.14. The molecule has 0 aliphatic heterocycles. The molecule has 0 unspecified atom stereocenters. The standard InChI is InChI=1S/C25H19N3O2/c1-18-11-13-19(14-12-18)24-23(16-28(27-24)22-9-3-2-4-10-22)25(29)30-17-21-8-6-5-7-20(21)15-26/h2-14,16H,17H2,1H3. The van der Waals surface area contributed by atoms with Gasteiger partial charge in [-0.15, -0.1) is 0 Å². The van der Waals surface area contributed by atoms with Gasteiger partial charge in [-0.3, -0.25) is 0 Å². The van der Waals surface area contributed by atoms with E-state index in [1.165, 1.54) is 0 Å². The van der Waals surface area contributed by atoms with Crippen LogP contribution in [-0.2, 0) is 11.3 Å². The van der Waals surface area contributed by atoms with Crippen molar-refractivity contribution in [2.75, 3.05) is 0 Å². The number of carbonyl (C=O) groups excluding carboxylic acids is 1. The predicted octanol–water partition coefficient (Wildman–Crippen LogP) is 5.08. The van der Waals surface area contributed by atoms with Crippen LogP contribution < -0.4 is 0 Å². The van der Waals surface area contributed by atoms with E-state index in [0.717, 1.165) is 16.8 Å². The van der Waals surface area contributed by atoms with Gasteiger partial charge in [-0.25, -0.2) is 9.48 Å². The summed E-state index contributed by atoms with van der Waals surface area (Å²) in [6, 6.07) is 26.6. The van der Waals surface area contributed by atoms with Crippen LogP contribution in [0.3, 0.4) is 0 Å². The summed E-state index contributed by atoms with van der Waals surface area (Å²) in [6.07, 6.45) is 1.68. The maximum absolute atomic E-state index is 13.0. The summed E-state index contributed by atoms with van der Waals surface area (Å²) in [7, 11) is 0. The second-order valence-electron chi connectivity index (χ2n) is 6.88. The van der Waals surface area contributed by atoms with Crippen LogP contribution in [-0.4, -0.2) is 15.7 Å². The summed E-state index contributed by atoms with van der Waals surface area (Å²) in [6.45, 7) is 2.03. The molecule has 0 aliphatic rings. The lowest BCUT2D eigenvalue weighted by atomic mass is 10.1. The number of nitriles is 1. The first-order chi connectivity index (χ1) is 14.7. The Bertz CT molecular complexity index is 1220. The zero-order valence-electron chi connectivity index (χ0n) is 16.4. The molecule has 1 heterocycles. The zero-order chi connectivity index (χ0) is 20.9. The molecule has 0 amide bonds. The first kappa shape index (κ1) is 19.2. The van der Waals surface area contributed by atoms with E-state index in [1.807, 2.05) is 67.6 Å². The molecule has 0 bridgehead atoms. The molecule has 3 aromatic carbocycles. The Morgan fingerprint density at radius 1 is 1.00 bits per heavy atom. The second kappa shape index (κ2) is 8.46. The van der Waals surface area contributed by atoms with Crippen molar-refractivity contribution in [3.8, 4) is 23.0 Å². The van der Waals surface area contributed by atoms with Crippen LogP contribution in [0.2, 0.25) is 0 Å². The fraction of sp³-hybridized carbons (Fsp3) is 0.0800. The number of esters is 1. The van der Waals surface area contributed by atoms with E-state index in [1.54, 1.807) is 29.1 Å². The van der Waals surface area contributed by atoms with E-state index in [4.69, 9.17) is 4.74 Å². The Labute approximate surface area is 174 Å². The van der Waals surface area contributed by atoms with Crippen molar-refractivity contribution in [1.82, 2.24) is 9.78 Å². The number of carbonyl (C=O) groups is 1. The van der Waals surface area contributed by atoms with Crippen LogP contribution >= 0.6 is 0 Å². The highest BCUT2D eigenvalue weighted by atomic mass is 16.5. The van der Waals surface area contributed by atoms with Gasteiger partial charge in [0.05, 0.1) is 17.3 Å². The topological polar surface area (TPSA) is 67.9 Å². The van der Waals surface area contributed by atoms with Crippen molar-refractivity contribution in [3.63, 3.8) is 0 Å². The van der Waals surface area contributed by atoms with Gasteiger partial charge >= 0.3 is 5.97 Å². The second-order valence-corrected chi connectivity index (χ2v) is 6.88. The molecule has 146 valence electrons. The number of ether oxygens (including phenoxy) is 1. The Morgan fingerprint density at radius 2 is 1.70 bits per heavy atom. The molecule has 0 aliphatic carbocycles. The molecule has 0 spiro atoms. The minimum Gasteiger partial charge on any atom is -0.457 e. The SMILES string of the molecule is Cc1ccc(-c2nn(-c3ccccc3)cc2C(=O)OCc2ccccc2C#N)cc1. The zero-order valence-corrected chi connectivity index (χ0v) is 16.4. The van der Waals surface area contributed by atoms with Crippen LogP contribution in [0, 0.1) is 18.3 Å². The van der Waals surface area contributed by atoms with Crippen molar-refractivity contribution in [2.45, 2.75) is 13.5 Å². The molecular weight excluding hydrogens is 374 g/mol. The summed E-state index contributed by atoms with van der Waals surface area (Å²) in [5.41, 5.74) is 4.89. The highest BCUT2D eigenvalue weighted by molar-refractivity contribution is 5.96. The summed E-state index contributed by atoms with van der Waals surface area (Å²) < 4.78 is 7.22. The number of aromatic nitrogens is 2. The molecule has 0 fully saturated rings. The Morgan fingerprint density at radius 3 is 2.43 bits per heavy atom. The minimum atomic E-state index is -0.486. The van der Waals surface area contributed by atoms with Gasteiger partial charge in [0.15, 0.2) is 0 Å². The molecule has 0 saturated heterocycles. The molecule has 0 atom stereocenters. The number of benzene rings is 3. The molecule has 30 heavy (non-hydrogen) atoms. The molecule has 5 nitrogen and oxygen atoms in total. The van der Waals surface area contributed by atoms with Crippen molar-refractivity contribution in [2.24, 2.45) is 0 Å². The largest absolute Gasteiger partial charge is 0.457 e. The first-order valence-electron chi connectivity index (χ1n) is 9.53. The number of rotatable bonds is 5. The smallest absolute Gasteiger partial charge is 0.342 e.